The van der Waals surface area contributed by atoms with Crippen molar-refractivity contribution in [3.63, 3.8) is 0 Å². The van der Waals surface area contributed by atoms with Gasteiger partial charge in [0, 0.05) is 0 Å². The van der Waals surface area contributed by atoms with Crippen molar-refractivity contribution < 1.29 is 8.77 Å². The Balaban J connectivity index is 2.93. The highest BCUT2D eigenvalue weighted by Crippen LogP contribution is 2.03. The molecule has 0 aliphatic heterocycles. The largest absolute Gasteiger partial charge is 0.506 e. The fraction of sp³-hybridized carbons (Fsp3) is 0. The molecular weight excluding hydrogens is 148 g/mol. The minimum Gasteiger partial charge on any atom is -0.506 e. The normalized spacial score (nSPS) is 10.4. The molecule has 3 nitrogen and oxygen atoms in total. The van der Waals surface area contributed by atoms with Gasteiger partial charge in [0.2, 0.25) is 5.52 Å². The first-order valence-electron chi connectivity index (χ1n) is 2.82. The third-order valence-corrected chi connectivity index (χ3v) is 1.56. The summed E-state index contributed by atoms with van der Waals surface area (Å²) in [6, 6.07) is 7.49. The summed E-state index contributed by atoms with van der Waals surface area (Å²) in [5.74, 6) is 0. The second kappa shape index (κ2) is 1.91. The lowest BCUT2D eigenvalue weighted by atomic mass is 10.3. The molecule has 2 aromatic rings. The number of hydrogen-bond acceptors (Lipinski definition) is 3. The van der Waals surface area contributed by atoms with E-state index in [1.165, 1.54) is 4.15 Å². The Kier molecular flexibility index (Phi) is 1.07. The Hall–Kier alpha value is -1.16. The van der Waals surface area contributed by atoms with Crippen molar-refractivity contribution in [2.75, 3.05) is 0 Å². The number of fused-ring (bicyclic) bond motifs is 1. The molecule has 1 heterocycles. The summed E-state index contributed by atoms with van der Waals surface area (Å²) in [4.78, 5) is 0. The van der Waals surface area contributed by atoms with Crippen molar-refractivity contribution in [1.29, 1.82) is 0 Å². The topological polar surface area (TPSA) is 29.9 Å². The molecule has 0 aliphatic rings. The van der Waals surface area contributed by atoms with Crippen molar-refractivity contribution in [2.24, 2.45) is 0 Å². The minimum atomic E-state index is 0.789. The van der Waals surface area contributed by atoms with Gasteiger partial charge in [-0.1, -0.05) is 12.1 Å². The fourth-order valence-corrected chi connectivity index (χ4v) is 1.01. The molecule has 0 radical (unpaired) electrons. The average Bonchev–Trinajstić information content (AvgIpc) is 2.34. The van der Waals surface area contributed by atoms with Crippen LogP contribution in [0.1, 0.15) is 0 Å². The highest BCUT2D eigenvalue weighted by atomic mass is 32.1. The highest BCUT2D eigenvalue weighted by Gasteiger charge is 2.04. The van der Waals surface area contributed by atoms with E-state index in [2.05, 4.69) is 5.16 Å². The van der Waals surface area contributed by atoms with E-state index in [0.29, 0.717) is 0 Å². The smallest absolute Gasteiger partial charge is 0.271 e. The SMILES string of the molecule is [S-][n+]1onc2ccccc21. The van der Waals surface area contributed by atoms with Crippen LogP contribution < -0.4 is 4.15 Å². The molecule has 1 aromatic carbocycles. The Morgan fingerprint density at radius 1 is 1.40 bits per heavy atom. The first-order chi connectivity index (χ1) is 4.88. The number of nitrogens with zero attached hydrogens (tertiary/aromatic N) is 2. The van der Waals surface area contributed by atoms with Gasteiger partial charge in [-0.3, -0.25) is 0 Å². The molecule has 2 rings (SSSR count). The molecule has 0 atom stereocenters. The molecule has 0 aliphatic carbocycles. The van der Waals surface area contributed by atoms with Crippen LogP contribution in [0.4, 0.5) is 0 Å². The first kappa shape index (κ1) is 5.61. The second-order valence-corrected chi connectivity index (χ2v) is 2.25. The maximum Gasteiger partial charge on any atom is 0.271 e. The van der Waals surface area contributed by atoms with Crippen molar-refractivity contribution in [3.05, 3.63) is 24.3 Å². The van der Waals surface area contributed by atoms with Gasteiger partial charge in [-0.05, 0) is 12.1 Å². The lowest BCUT2D eigenvalue weighted by Crippen LogP contribution is -2.22. The maximum atomic E-state index is 4.77. The molecule has 4 heteroatoms. The van der Waals surface area contributed by atoms with Crippen LogP contribution in [0.5, 0.6) is 0 Å². The van der Waals surface area contributed by atoms with Crippen LogP contribution >= 0.6 is 0 Å². The highest BCUT2D eigenvalue weighted by molar-refractivity contribution is 7.50. The van der Waals surface area contributed by atoms with Crippen LogP contribution in [0.15, 0.2) is 28.9 Å². The quantitative estimate of drug-likeness (QED) is 0.405. The second-order valence-electron chi connectivity index (χ2n) is 1.92. The number of benzene rings is 1. The lowest BCUT2D eigenvalue weighted by molar-refractivity contribution is -0.693. The molecule has 0 amide bonds. The average molecular weight is 152 g/mol. The zero-order valence-electron chi connectivity index (χ0n) is 5.02. The minimum absolute atomic E-state index is 0.789. The molecule has 1 aromatic heterocycles. The van der Waals surface area contributed by atoms with Gasteiger partial charge in [-0.25, -0.2) is 0 Å². The predicted molar refractivity (Wildman–Crippen MR) is 37.0 cm³/mol. The third kappa shape index (κ3) is 0.657. The summed E-state index contributed by atoms with van der Waals surface area (Å²) in [7, 11) is 0. The van der Waals surface area contributed by atoms with E-state index in [1.54, 1.807) is 0 Å². The number of aromatic nitrogens is 2. The van der Waals surface area contributed by atoms with Crippen LogP contribution in [0.2, 0.25) is 0 Å². The molecule has 0 unspecified atom stereocenters. The summed E-state index contributed by atoms with van der Waals surface area (Å²) >= 11 is 4.77. The van der Waals surface area contributed by atoms with Gasteiger partial charge in [0.15, 0.2) is 5.16 Å². The molecular formula is C6H4N2OS. The summed E-state index contributed by atoms with van der Waals surface area (Å²) < 4.78 is 5.91. The van der Waals surface area contributed by atoms with Gasteiger partial charge in [0.25, 0.3) is 5.52 Å². The molecule has 10 heavy (non-hydrogen) atoms. The van der Waals surface area contributed by atoms with Gasteiger partial charge >= 0.3 is 0 Å². The zero-order chi connectivity index (χ0) is 6.97. The summed E-state index contributed by atoms with van der Waals surface area (Å²) in [6.45, 7) is 0. The van der Waals surface area contributed by atoms with E-state index in [4.69, 9.17) is 17.4 Å². The van der Waals surface area contributed by atoms with E-state index >= 15 is 0 Å². The first-order valence-corrected chi connectivity index (χ1v) is 3.19. The van der Waals surface area contributed by atoms with Crippen molar-refractivity contribution in [1.82, 2.24) is 5.16 Å². The molecule has 0 saturated heterocycles. The van der Waals surface area contributed by atoms with E-state index in [0.717, 1.165) is 11.0 Å². The Labute approximate surface area is 62.7 Å². The van der Waals surface area contributed by atoms with E-state index in [1.807, 2.05) is 24.3 Å². The third-order valence-electron chi connectivity index (χ3n) is 1.29. The van der Waals surface area contributed by atoms with E-state index in [-0.39, 0.29) is 0 Å². The van der Waals surface area contributed by atoms with Gasteiger partial charge in [0.1, 0.15) is 0 Å². The molecule has 50 valence electrons. The van der Waals surface area contributed by atoms with Crippen molar-refractivity contribution in [3.8, 4) is 0 Å². The van der Waals surface area contributed by atoms with Crippen LogP contribution in [0.25, 0.3) is 11.0 Å². The van der Waals surface area contributed by atoms with Crippen molar-refractivity contribution >= 4 is 23.8 Å². The molecule has 0 fully saturated rings. The van der Waals surface area contributed by atoms with Gasteiger partial charge in [0.05, 0.1) is 0 Å². The Morgan fingerprint density at radius 2 is 2.20 bits per heavy atom. The molecule has 0 bridgehead atoms. The Morgan fingerprint density at radius 3 is 3.00 bits per heavy atom. The standard InChI is InChI=1S/C6H4N2OS/c10-8-6-4-2-1-3-5(6)7-9-8/h1-4H. The number of hydrogen-bond donors (Lipinski definition) is 0. The predicted octanol–water partition coefficient (Wildman–Crippen LogP) is 0.425. The molecule has 0 N–H and O–H groups in total. The van der Waals surface area contributed by atoms with Crippen molar-refractivity contribution in [2.45, 2.75) is 0 Å². The van der Waals surface area contributed by atoms with Crippen LogP contribution in [-0.4, -0.2) is 5.16 Å². The van der Waals surface area contributed by atoms with Gasteiger partial charge < -0.3 is 12.8 Å². The number of rotatable bonds is 0. The number of para-hydroxylation sites is 1. The summed E-state index contributed by atoms with van der Waals surface area (Å²) in [5.41, 5.74) is 1.62. The Bertz CT molecular complexity index is 357. The van der Waals surface area contributed by atoms with E-state index in [9.17, 15) is 0 Å². The molecule has 0 saturated carbocycles. The van der Waals surface area contributed by atoms with Gasteiger partial charge in [-0.2, -0.15) is 4.15 Å². The fourth-order valence-electron chi connectivity index (χ4n) is 0.821. The zero-order valence-corrected chi connectivity index (χ0v) is 5.84. The maximum absolute atomic E-state index is 4.77. The molecule has 0 spiro atoms. The van der Waals surface area contributed by atoms with Crippen LogP contribution in [0, 0.1) is 0 Å². The van der Waals surface area contributed by atoms with E-state index < -0.39 is 0 Å². The monoisotopic (exact) mass is 152 g/mol. The summed E-state index contributed by atoms with van der Waals surface area (Å²) in [6.07, 6.45) is 0. The summed E-state index contributed by atoms with van der Waals surface area (Å²) in [5, 5.41) is 3.70. The van der Waals surface area contributed by atoms with Crippen LogP contribution in [0.3, 0.4) is 0 Å². The lowest BCUT2D eigenvalue weighted by Gasteiger charge is -1.87. The van der Waals surface area contributed by atoms with Crippen LogP contribution in [-0.2, 0) is 12.8 Å². The van der Waals surface area contributed by atoms with Gasteiger partial charge in [-0.15, -0.1) is 4.63 Å².